The van der Waals surface area contributed by atoms with Crippen LogP contribution in [0.5, 0.6) is 0 Å². The Bertz CT molecular complexity index is 442. The number of nitrogens with two attached hydrogens (primary N) is 1. The average Bonchev–Trinajstić information content (AvgIpc) is 2.65. The van der Waals surface area contributed by atoms with Crippen LogP contribution in [0.2, 0.25) is 0 Å². The number of thioether (sulfide) groups is 1. The molecule has 0 unspecified atom stereocenters. The SMILES string of the molecule is CCSc1sc(C(=O)OC)c(N)c1C(=O)OC. The van der Waals surface area contributed by atoms with Crippen molar-refractivity contribution in [1.82, 2.24) is 0 Å². The molecular formula is C10H13NO4S2. The molecule has 94 valence electrons. The Morgan fingerprint density at radius 3 is 2.35 bits per heavy atom. The van der Waals surface area contributed by atoms with Crippen LogP contribution in [0, 0.1) is 0 Å². The molecule has 0 atom stereocenters. The van der Waals surface area contributed by atoms with Gasteiger partial charge in [-0.15, -0.1) is 23.1 Å². The Morgan fingerprint density at radius 2 is 1.88 bits per heavy atom. The highest BCUT2D eigenvalue weighted by atomic mass is 32.2. The third-order valence-electron chi connectivity index (χ3n) is 1.95. The normalized spacial score (nSPS) is 10.1. The standard InChI is InChI=1S/C10H13NO4S2/c1-4-16-10-5(8(12)14-2)6(11)7(17-10)9(13)15-3/h4,11H2,1-3H3. The van der Waals surface area contributed by atoms with E-state index in [2.05, 4.69) is 9.47 Å². The molecule has 2 N–H and O–H groups in total. The van der Waals surface area contributed by atoms with Gasteiger partial charge in [0.2, 0.25) is 0 Å². The van der Waals surface area contributed by atoms with Gasteiger partial charge in [0.25, 0.3) is 0 Å². The lowest BCUT2D eigenvalue weighted by molar-refractivity contribution is 0.0598. The molecule has 0 saturated heterocycles. The Kier molecular flexibility index (Phi) is 4.83. The van der Waals surface area contributed by atoms with E-state index in [0.717, 1.165) is 17.1 Å². The number of methoxy groups -OCH3 is 2. The summed E-state index contributed by atoms with van der Waals surface area (Å²) in [6.07, 6.45) is 0. The van der Waals surface area contributed by atoms with Gasteiger partial charge in [0, 0.05) is 0 Å². The van der Waals surface area contributed by atoms with Gasteiger partial charge in [-0.3, -0.25) is 0 Å². The van der Waals surface area contributed by atoms with Gasteiger partial charge in [-0.05, 0) is 5.75 Å². The molecule has 1 aromatic rings. The van der Waals surface area contributed by atoms with Crippen LogP contribution < -0.4 is 5.73 Å². The predicted molar refractivity (Wildman–Crippen MR) is 67.8 cm³/mol. The van der Waals surface area contributed by atoms with Gasteiger partial charge in [0.1, 0.15) is 10.4 Å². The average molecular weight is 275 g/mol. The summed E-state index contributed by atoms with van der Waals surface area (Å²) in [6, 6.07) is 0. The zero-order valence-corrected chi connectivity index (χ0v) is 11.4. The van der Waals surface area contributed by atoms with E-state index in [1.54, 1.807) is 0 Å². The molecule has 0 aliphatic heterocycles. The van der Waals surface area contributed by atoms with Crippen molar-refractivity contribution in [3.05, 3.63) is 10.4 Å². The second-order valence-electron chi connectivity index (χ2n) is 2.92. The van der Waals surface area contributed by atoms with E-state index < -0.39 is 11.9 Å². The van der Waals surface area contributed by atoms with Gasteiger partial charge >= 0.3 is 11.9 Å². The van der Waals surface area contributed by atoms with E-state index in [1.807, 2.05) is 6.92 Å². The minimum atomic E-state index is -0.541. The molecule has 0 aliphatic rings. The lowest BCUT2D eigenvalue weighted by atomic mass is 10.2. The van der Waals surface area contributed by atoms with Crippen molar-refractivity contribution >= 4 is 40.7 Å². The largest absolute Gasteiger partial charge is 0.465 e. The molecule has 1 heterocycles. The molecule has 0 radical (unpaired) electrons. The first-order valence-corrected chi connectivity index (χ1v) is 6.58. The summed E-state index contributed by atoms with van der Waals surface area (Å²) < 4.78 is 9.94. The summed E-state index contributed by atoms with van der Waals surface area (Å²) in [5.74, 6) is -0.310. The molecule has 0 saturated carbocycles. The van der Waals surface area contributed by atoms with Crippen LogP contribution in [0.25, 0.3) is 0 Å². The summed E-state index contributed by atoms with van der Waals surface area (Å²) in [6.45, 7) is 1.94. The number of hydrogen-bond donors (Lipinski definition) is 1. The molecule has 0 aliphatic carbocycles. The summed E-state index contributed by atoms with van der Waals surface area (Å²) in [5.41, 5.74) is 6.17. The molecule has 0 fully saturated rings. The third kappa shape index (κ3) is 2.73. The first-order chi connectivity index (χ1) is 8.06. The maximum Gasteiger partial charge on any atom is 0.350 e. The van der Waals surface area contributed by atoms with E-state index >= 15 is 0 Å². The maximum absolute atomic E-state index is 11.6. The topological polar surface area (TPSA) is 78.6 Å². The molecular weight excluding hydrogens is 262 g/mol. The number of hydrogen-bond acceptors (Lipinski definition) is 7. The molecule has 1 rings (SSSR count). The van der Waals surface area contributed by atoms with Gasteiger partial charge in [0.05, 0.1) is 24.1 Å². The number of rotatable bonds is 4. The Morgan fingerprint density at radius 1 is 1.29 bits per heavy atom. The summed E-state index contributed by atoms with van der Waals surface area (Å²) >= 11 is 2.59. The van der Waals surface area contributed by atoms with Crippen LogP contribution in [-0.4, -0.2) is 31.9 Å². The van der Waals surface area contributed by atoms with Crippen molar-refractivity contribution in [3.8, 4) is 0 Å². The highest BCUT2D eigenvalue weighted by Crippen LogP contribution is 2.38. The van der Waals surface area contributed by atoms with Crippen LogP contribution in [0.15, 0.2) is 4.21 Å². The summed E-state index contributed by atoms with van der Waals surface area (Å²) in [7, 11) is 2.55. The van der Waals surface area contributed by atoms with Gasteiger partial charge in [0.15, 0.2) is 0 Å². The smallest absolute Gasteiger partial charge is 0.350 e. The van der Waals surface area contributed by atoms with E-state index in [1.165, 1.54) is 26.0 Å². The van der Waals surface area contributed by atoms with E-state index in [4.69, 9.17) is 5.73 Å². The minimum Gasteiger partial charge on any atom is -0.465 e. The number of carbonyl (C=O) groups is 2. The van der Waals surface area contributed by atoms with Gasteiger partial charge in [-0.1, -0.05) is 6.92 Å². The van der Waals surface area contributed by atoms with Gasteiger partial charge in [-0.25, -0.2) is 9.59 Å². The van der Waals surface area contributed by atoms with E-state index in [0.29, 0.717) is 4.21 Å². The molecule has 5 nitrogen and oxygen atoms in total. The second-order valence-corrected chi connectivity index (χ2v) is 5.48. The quantitative estimate of drug-likeness (QED) is 0.669. The zero-order valence-electron chi connectivity index (χ0n) is 9.73. The predicted octanol–water partition coefficient (Wildman–Crippen LogP) is 2.02. The Hall–Kier alpha value is -1.21. The van der Waals surface area contributed by atoms with Crippen molar-refractivity contribution in [2.45, 2.75) is 11.1 Å². The van der Waals surface area contributed by atoms with Crippen LogP contribution in [-0.2, 0) is 9.47 Å². The number of ether oxygens (including phenoxy) is 2. The molecule has 0 aromatic carbocycles. The lowest BCUT2D eigenvalue weighted by Gasteiger charge is -2.01. The minimum absolute atomic E-state index is 0.129. The fraction of sp³-hybridized carbons (Fsp3) is 0.400. The second kappa shape index (κ2) is 5.92. The molecule has 1 aromatic heterocycles. The monoisotopic (exact) mass is 275 g/mol. The van der Waals surface area contributed by atoms with E-state index in [-0.39, 0.29) is 16.1 Å². The number of esters is 2. The molecule has 0 bridgehead atoms. The number of carbonyl (C=O) groups excluding carboxylic acids is 2. The van der Waals surface area contributed by atoms with Crippen LogP contribution in [0.4, 0.5) is 5.69 Å². The number of anilines is 1. The van der Waals surface area contributed by atoms with E-state index in [9.17, 15) is 9.59 Å². The summed E-state index contributed by atoms with van der Waals surface area (Å²) in [4.78, 5) is 23.3. The highest BCUT2D eigenvalue weighted by molar-refractivity contribution is 8.01. The van der Waals surface area contributed by atoms with Gasteiger partial charge < -0.3 is 15.2 Å². The molecule has 7 heteroatoms. The van der Waals surface area contributed by atoms with Crippen molar-refractivity contribution < 1.29 is 19.1 Å². The molecule has 0 amide bonds. The van der Waals surface area contributed by atoms with Crippen molar-refractivity contribution in [2.24, 2.45) is 0 Å². The number of thiophene rings is 1. The highest BCUT2D eigenvalue weighted by Gasteiger charge is 2.26. The van der Waals surface area contributed by atoms with Crippen molar-refractivity contribution in [3.63, 3.8) is 0 Å². The number of nitrogen functional groups attached to an aromatic ring is 1. The fourth-order valence-electron chi connectivity index (χ4n) is 1.19. The Labute approximate surface area is 107 Å². The molecule has 0 spiro atoms. The first-order valence-electron chi connectivity index (χ1n) is 4.78. The van der Waals surface area contributed by atoms with Crippen LogP contribution in [0.3, 0.4) is 0 Å². The third-order valence-corrected chi connectivity index (χ3v) is 4.29. The van der Waals surface area contributed by atoms with Gasteiger partial charge in [-0.2, -0.15) is 0 Å². The van der Waals surface area contributed by atoms with Crippen molar-refractivity contribution in [1.29, 1.82) is 0 Å². The van der Waals surface area contributed by atoms with Crippen LogP contribution in [0.1, 0.15) is 27.0 Å². The Balaban J connectivity index is 3.29. The molecule has 17 heavy (non-hydrogen) atoms. The maximum atomic E-state index is 11.6. The first kappa shape index (κ1) is 13.9. The van der Waals surface area contributed by atoms with Crippen molar-refractivity contribution in [2.75, 3.05) is 25.7 Å². The fourth-order valence-corrected chi connectivity index (χ4v) is 3.49. The summed E-state index contributed by atoms with van der Waals surface area (Å²) in [5, 5.41) is 0. The van der Waals surface area contributed by atoms with Crippen LogP contribution >= 0.6 is 23.1 Å². The lowest BCUT2D eigenvalue weighted by Crippen LogP contribution is -2.07. The zero-order chi connectivity index (χ0) is 13.0.